The number of hydrogen-bond donors (Lipinski definition) is 0. The number of benzene rings is 2. The summed E-state index contributed by atoms with van der Waals surface area (Å²) in [5.41, 5.74) is 0.417. The number of aromatic nitrogens is 4. The SMILES string of the molecule is Cn1c(=O)c2ccccc2n2c(Sc3ccc(C#N)cc3[N+](=O)[O-])nnc12. The van der Waals surface area contributed by atoms with Gasteiger partial charge in [-0.15, -0.1) is 10.2 Å². The summed E-state index contributed by atoms with van der Waals surface area (Å²) in [6.45, 7) is 0. The van der Waals surface area contributed by atoms with Gasteiger partial charge in [-0.3, -0.25) is 23.9 Å². The molecule has 132 valence electrons. The first-order valence-electron chi connectivity index (χ1n) is 7.70. The van der Waals surface area contributed by atoms with Gasteiger partial charge in [0.15, 0.2) is 0 Å². The van der Waals surface area contributed by atoms with Crippen LogP contribution in [0.3, 0.4) is 0 Å². The van der Waals surface area contributed by atoms with Gasteiger partial charge in [0.1, 0.15) is 0 Å². The summed E-state index contributed by atoms with van der Waals surface area (Å²) in [5.74, 6) is 0.331. The molecule has 2 heterocycles. The highest BCUT2D eigenvalue weighted by atomic mass is 32.2. The molecule has 4 rings (SSSR count). The van der Waals surface area contributed by atoms with Crippen LogP contribution in [0.25, 0.3) is 16.7 Å². The zero-order chi connectivity index (χ0) is 19.1. The zero-order valence-corrected chi connectivity index (χ0v) is 14.7. The summed E-state index contributed by atoms with van der Waals surface area (Å²) >= 11 is 1.05. The quantitative estimate of drug-likeness (QED) is 0.397. The Labute approximate surface area is 155 Å². The maximum atomic E-state index is 12.5. The minimum absolute atomic E-state index is 0.190. The number of para-hydroxylation sites is 1. The number of fused-ring (bicyclic) bond motifs is 3. The Bertz CT molecular complexity index is 1330. The molecule has 0 aliphatic rings. The molecule has 0 radical (unpaired) electrons. The van der Waals surface area contributed by atoms with Crippen LogP contribution in [0.1, 0.15) is 5.56 Å². The van der Waals surface area contributed by atoms with Crippen LogP contribution in [0, 0.1) is 21.4 Å². The molecular formula is C17H10N6O3S. The summed E-state index contributed by atoms with van der Waals surface area (Å²) in [4.78, 5) is 23.7. The molecule has 0 saturated carbocycles. The molecule has 0 saturated heterocycles. The van der Waals surface area contributed by atoms with E-state index in [2.05, 4.69) is 10.2 Å². The van der Waals surface area contributed by atoms with Gasteiger partial charge >= 0.3 is 0 Å². The fourth-order valence-corrected chi connectivity index (χ4v) is 3.72. The Morgan fingerprint density at radius 2 is 2.00 bits per heavy atom. The molecular weight excluding hydrogens is 368 g/mol. The standard InChI is InChI=1S/C17H10N6O3S/c1-21-15(24)11-4-2-3-5-12(11)22-16(21)19-20-17(22)27-14-7-6-10(9-18)8-13(14)23(25)26/h2-8H,1H3. The molecule has 0 aliphatic heterocycles. The molecule has 2 aromatic heterocycles. The molecule has 0 unspecified atom stereocenters. The Morgan fingerprint density at radius 3 is 2.74 bits per heavy atom. The summed E-state index contributed by atoms with van der Waals surface area (Å²) in [7, 11) is 1.59. The van der Waals surface area contributed by atoms with Crippen molar-refractivity contribution in [1.29, 1.82) is 5.26 Å². The molecule has 4 aromatic rings. The van der Waals surface area contributed by atoms with Crippen LogP contribution in [-0.2, 0) is 7.05 Å². The van der Waals surface area contributed by atoms with Crippen molar-refractivity contribution in [3.63, 3.8) is 0 Å². The average Bonchev–Trinajstić information content (AvgIpc) is 3.10. The predicted octanol–water partition coefficient (Wildman–Crippen LogP) is 2.51. The second kappa shape index (κ2) is 6.22. The van der Waals surface area contributed by atoms with Crippen molar-refractivity contribution in [3.8, 4) is 6.07 Å². The van der Waals surface area contributed by atoms with E-state index in [1.54, 1.807) is 35.7 Å². The number of nitriles is 1. The Morgan fingerprint density at radius 1 is 1.22 bits per heavy atom. The van der Waals surface area contributed by atoms with Gasteiger partial charge in [0, 0.05) is 13.1 Å². The van der Waals surface area contributed by atoms with Crippen LogP contribution in [0.5, 0.6) is 0 Å². The van der Waals surface area contributed by atoms with Gasteiger partial charge in [0.2, 0.25) is 10.9 Å². The van der Waals surface area contributed by atoms with Crippen molar-refractivity contribution in [3.05, 3.63) is 68.5 Å². The van der Waals surface area contributed by atoms with Crippen LogP contribution in [-0.4, -0.2) is 24.1 Å². The number of rotatable bonds is 3. The van der Waals surface area contributed by atoms with Crippen molar-refractivity contribution in [2.45, 2.75) is 10.1 Å². The summed E-state index contributed by atoms with van der Waals surface area (Å²) in [6.07, 6.45) is 0. The molecule has 0 N–H and O–H groups in total. The lowest BCUT2D eigenvalue weighted by Crippen LogP contribution is -2.20. The summed E-state index contributed by atoms with van der Waals surface area (Å²) < 4.78 is 3.07. The van der Waals surface area contributed by atoms with Crippen molar-refractivity contribution in [2.24, 2.45) is 7.05 Å². The van der Waals surface area contributed by atoms with E-state index in [0.29, 0.717) is 26.7 Å². The van der Waals surface area contributed by atoms with E-state index in [-0.39, 0.29) is 16.8 Å². The monoisotopic (exact) mass is 378 g/mol. The molecule has 10 heteroatoms. The number of nitrogens with zero attached hydrogens (tertiary/aromatic N) is 6. The highest BCUT2D eigenvalue weighted by molar-refractivity contribution is 7.99. The smallest absolute Gasteiger partial charge is 0.279 e. The Kier molecular flexibility index (Phi) is 3.86. The number of nitro groups is 1. The maximum Gasteiger partial charge on any atom is 0.284 e. The molecule has 0 spiro atoms. The summed E-state index contributed by atoms with van der Waals surface area (Å²) in [6, 6.07) is 13.2. The highest BCUT2D eigenvalue weighted by Gasteiger charge is 2.20. The lowest BCUT2D eigenvalue weighted by molar-refractivity contribution is -0.387. The van der Waals surface area contributed by atoms with E-state index < -0.39 is 4.92 Å². The van der Waals surface area contributed by atoms with Gasteiger partial charge in [-0.05, 0) is 36.0 Å². The fourth-order valence-electron chi connectivity index (χ4n) is 2.79. The van der Waals surface area contributed by atoms with Crippen LogP contribution >= 0.6 is 11.8 Å². The molecule has 0 amide bonds. The Hall–Kier alpha value is -3.71. The number of nitro benzene ring substituents is 1. The van der Waals surface area contributed by atoms with Crippen molar-refractivity contribution in [1.82, 2.24) is 19.2 Å². The average molecular weight is 378 g/mol. The van der Waals surface area contributed by atoms with Crippen LogP contribution < -0.4 is 5.56 Å². The van der Waals surface area contributed by atoms with E-state index >= 15 is 0 Å². The third-order valence-corrected chi connectivity index (χ3v) is 5.09. The third-order valence-electron chi connectivity index (χ3n) is 4.08. The zero-order valence-electron chi connectivity index (χ0n) is 13.9. The first-order valence-corrected chi connectivity index (χ1v) is 8.52. The van der Waals surface area contributed by atoms with E-state index in [4.69, 9.17) is 5.26 Å². The lowest BCUT2D eigenvalue weighted by Gasteiger charge is -2.07. The minimum Gasteiger partial charge on any atom is -0.279 e. The van der Waals surface area contributed by atoms with Gasteiger partial charge in [-0.1, -0.05) is 12.1 Å². The van der Waals surface area contributed by atoms with E-state index in [1.165, 1.54) is 22.8 Å². The molecule has 27 heavy (non-hydrogen) atoms. The highest BCUT2D eigenvalue weighted by Crippen LogP contribution is 2.35. The van der Waals surface area contributed by atoms with Gasteiger partial charge in [-0.25, -0.2) is 0 Å². The van der Waals surface area contributed by atoms with Crippen molar-refractivity contribution < 1.29 is 4.92 Å². The second-order valence-corrected chi connectivity index (χ2v) is 6.66. The van der Waals surface area contributed by atoms with Crippen molar-refractivity contribution in [2.75, 3.05) is 0 Å². The largest absolute Gasteiger partial charge is 0.284 e. The maximum absolute atomic E-state index is 12.5. The van der Waals surface area contributed by atoms with Gasteiger partial charge in [0.05, 0.1) is 32.4 Å². The van der Waals surface area contributed by atoms with Crippen LogP contribution in [0.2, 0.25) is 0 Å². The molecule has 9 nitrogen and oxygen atoms in total. The molecule has 0 bridgehead atoms. The first-order chi connectivity index (χ1) is 13.0. The van der Waals surface area contributed by atoms with Gasteiger partial charge in [-0.2, -0.15) is 5.26 Å². The molecule has 2 aromatic carbocycles. The lowest BCUT2D eigenvalue weighted by atomic mass is 10.2. The minimum atomic E-state index is -0.541. The Balaban J connectivity index is 1.96. The first kappa shape index (κ1) is 16.7. The number of aryl methyl sites for hydroxylation is 1. The van der Waals surface area contributed by atoms with E-state index in [1.807, 2.05) is 6.07 Å². The molecule has 0 atom stereocenters. The van der Waals surface area contributed by atoms with E-state index in [0.717, 1.165) is 11.8 Å². The normalized spacial score (nSPS) is 11.0. The van der Waals surface area contributed by atoms with Crippen molar-refractivity contribution >= 4 is 34.1 Å². The van der Waals surface area contributed by atoms with Crippen LogP contribution in [0.15, 0.2) is 57.3 Å². The topological polar surface area (TPSA) is 119 Å². The molecule has 0 fully saturated rings. The predicted molar refractivity (Wildman–Crippen MR) is 97.7 cm³/mol. The summed E-state index contributed by atoms with van der Waals surface area (Å²) in [5, 5.41) is 29.4. The van der Waals surface area contributed by atoms with Crippen LogP contribution in [0.4, 0.5) is 5.69 Å². The van der Waals surface area contributed by atoms with E-state index in [9.17, 15) is 14.9 Å². The fraction of sp³-hybridized carbons (Fsp3) is 0.0588. The second-order valence-electron chi connectivity index (χ2n) is 5.65. The number of hydrogen-bond acceptors (Lipinski definition) is 7. The van der Waals surface area contributed by atoms with Gasteiger partial charge < -0.3 is 0 Å². The van der Waals surface area contributed by atoms with Gasteiger partial charge in [0.25, 0.3) is 11.2 Å². The third kappa shape index (κ3) is 2.61. The molecule has 0 aliphatic carbocycles.